The highest BCUT2D eigenvalue weighted by Crippen LogP contribution is 2.31. The molecule has 0 aliphatic heterocycles. The number of hydrogen-bond acceptors (Lipinski definition) is 3. The number of rotatable bonds is 1. The molecule has 7 heteroatoms. The lowest BCUT2D eigenvalue weighted by Gasteiger charge is -2.06. The maximum Gasteiger partial charge on any atom is 0.449 e. The zero-order valence-corrected chi connectivity index (χ0v) is 10.8. The lowest BCUT2D eigenvalue weighted by atomic mass is 10.2. The molecule has 0 radical (unpaired) electrons. The first-order chi connectivity index (χ1) is 9.88. The van der Waals surface area contributed by atoms with E-state index in [-0.39, 0.29) is 11.1 Å². The van der Waals surface area contributed by atoms with Gasteiger partial charge < -0.3 is 4.42 Å². The van der Waals surface area contributed by atoms with Gasteiger partial charge >= 0.3 is 6.18 Å². The lowest BCUT2D eigenvalue weighted by Crippen LogP contribution is -2.11. The van der Waals surface area contributed by atoms with Gasteiger partial charge in [-0.25, -0.2) is 0 Å². The molecule has 0 amide bonds. The van der Waals surface area contributed by atoms with Gasteiger partial charge in [0.05, 0.1) is 11.4 Å². The van der Waals surface area contributed by atoms with E-state index in [2.05, 4.69) is 5.10 Å². The molecule has 2 heterocycles. The average molecular weight is 294 g/mol. The lowest BCUT2D eigenvalue weighted by molar-refractivity contribution is -0.153. The molecule has 21 heavy (non-hydrogen) atoms. The Labute approximate surface area is 116 Å². The molecule has 4 nitrogen and oxygen atoms in total. The molecule has 3 aromatic rings. The molecule has 3 rings (SSSR count). The summed E-state index contributed by atoms with van der Waals surface area (Å²) in [6.45, 7) is 1.55. The van der Waals surface area contributed by atoms with Crippen LogP contribution in [-0.2, 0) is 6.18 Å². The van der Waals surface area contributed by atoms with Gasteiger partial charge in [0, 0.05) is 6.07 Å². The Morgan fingerprint density at radius 2 is 1.86 bits per heavy atom. The summed E-state index contributed by atoms with van der Waals surface area (Å²) >= 11 is 0. The van der Waals surface area contributed by atoms with Crippen LogP contribution in [0.1, 0.15) is 11.5 Å². The normalized spacial score (nSPS) is 12.0. The zero-order chi connectivity index (χ0) is 15.2. The van der Waals surface area contributed by atoms with Crippen LogP contribution in [-0.4, -0.2) is 9.78 Å². The maximum atomic E-state index is 12.8. The van der Waals surface area contributed by atoms with Crippen LogP contribution in [0.2, 0.25) is 0 Å². The van der Waals surface area contributed by atoms with Crippen LogP contribution in [0, 0.1) is 6.92 Å². The Morgan fingerprint density at radius 1 is 1.19 bits per heavy atom. The quantitative estimate of drug-likeness (QED) is 0.692. The van der Waals surface area contributed by atoms with E-state index in [1.165, 1.54) is 4.68 Å². The molecule has 0 aliphatic carbocycles. The van der Waals surface area contributed by atoms with Crippen LogP contribution in [0.5, 0.6) is 0 Å². The minimum atomic E-state index is -4.73. The smallest absolute Gasteiger partial charge is 0.433 e. The number of alkyl halides is 3. The Bertz CT molecular complexity index is 864. The Morgan fingerprint density at radius 3 is 2.48 bits per heavy atom. The highest BCUT2D eigenvalue weighted by atomic mass is 19.4. The minimum Gasteiger partial charge on any atom is -0.433 e. The van der Waals surface area contributed by atoms with Crippen molar-refractivity contribution in [2.45, 2.75) is 13.1 Å². The third kappa shape index (κ3) is 2.20. The van der Waals surface area contributed by atoms with Gasteiger partial charge in [-0.05, 0) is 19.1 Å². The van der Waals surface area contributed by atoms with Crippen LogP contribution in [0.3, 0.4) is 0 Å². The van der Waals surface area contributed by atoms with Crippen molar-refractivity contribution in [1.29, 1.82) is 0 Å². The predicted octanol–water partition coefficient (Wildman–Crippen LogP) is 3.31. The summed E-state index contributed by atoms with van der Waals surface area (Å²) in [4.78, 5) is 11.9. The first kappa shape index (κ1) is 13.4. The largest absolute Gasteiger partial charge is 0.449 e. The molecule has 0 aliphatic rings. The molecule has 0 saturated heterocycles. The third-order valence-electron chi connectivity index (χ3n) is 3.01. The minimum absolute atomic E-state index is 0.0480. The molecule has 0 spiro atoms. The third-order valence-corrected chi connectivity index (χ3v) is 3.01. The summed E-state index contributed by atoms with van der Waals surface area (Å²) in [5, 5.41) is 4.15. The first-order valence-corrected chi connectivity index (χ1v) is 6.04. The average Bonchev–Trinajstić information content (AvgIpc) is 2.76. The molecule has 0 bridgehead atoms. The number of benzene rings is 1. The topological polar surface area (TPSA) is 48.0 Å². The van der Waals surface area contributed by atoms with Crippen LogP contribution in [0.15, 0.2) is 45.6 Å². The SMILES string of the molecule is Cc1nn(-c2ccccc2)c2oc(C(F)(F)F)cc(=O)c12. The van der Waals surface area contributed by atoms with Gasteiger partial charge in [-0.3, -0.25) is 4.79 Å². The van der Waals surface area contributed by atoms with Crippen LogP contribution in [0.4, 0.5) is 13.2 Å². The second-order valence-electron chi connectivity index (χ2n) is 4.49. The van der Waals surface area contributed by atoms with E-state index >= 15 is 0 Å². The van der Waals surface area contributed by atoms with Crippen molar-refractivity contribution in [3.63, 3.8) is 0 Å². The molecule has 108 valence electrons. The van der Waals surface area contributed by atoms with E-state index in [0.717, 1.165) is 0 Å². The van der Waals surface area contributed by atoms with E-state index in [4.69, 9.17) is 4.42 Å². The molecule has 0 N–H and O–H groups in total. The Kier molecular flexibility index (Phi) is 2.86. The summed E-state index contributed by atoms with van der Waals surface area (Å²) in [6, 6.07) is 8.96. The molecular weight excluding hydrogens is 285 g/mol. The summed E-state index contributed by atoms with van der Waals surface area (Å²) in [5.41, 5.74) is -0.142. The monoisotopic (exact) mass is 294 g/mol. The highest BCUT2D eigenvalue weighted by molar-refractivity contribution is 5.77. The first-order valence-electron chi connectivity index (χ1n) is 6.04. The van der Waals surface area contributed by atoms with Crippen LogP contribution < -0.4 is 5.43 Å². The molecular formula is C14H9F3N2O2. The second-order valence-corrected chi connectivity index (χ2v) is 4.49. The summed E-state index contributed by atoms with van der Waals surface area (Å²) in [7, 11) is 0. The standard InChI is InChI=1S/C14H9F3N2O2/c1-8-12-10(20)7-11(14(15,16)17)21-13(12)19(18-8)9-5-3-2-4-6-9/h2-7H,1H3. The summed E-state index contributed by atoms with van der Waals surface area (Å²) in [5.74, 6) is -1.34. The molecule has 0 saturated carbocycles. The Balaban J connectivity index is 2.38. The molecule has 0 unspecified atom stereocenters. The fourth-order valence-electron chi connectivity index (χ4n) is 2.09. The van der Waals surface area contributed by atoms with Crippen molar-refractivity contribution in [3.05, 3.63) is 58.1 Å². The zero-order valence-electron chi connectivity index (χ0n) is 10.8. The fraction of sp³-hybridized carbons (Fsp3) is 0.143. The van der Waals surface area contributed by atoms with Gasteiger partial charge in [-0.15, -0.1) is 0 Å². The molecule has 1 aromatic carbocycles. The summed E-state index contributed by atoms with van der Waals surface area (Å²) < 4.78 is 44.4. The molecule has 2 aromatic heterocycles. The van der Waals surface area contributed by atoms with Gasteiger partial charge in [-0.1, -0.05) is 18.2 Å². The van der Waals surface area contributed by atoms with Crippen LogP contribution in [0.25, 0.3) is 16.8 Å². The van der Waals surface area contributed by atoms with Gasteiger partial charge in [0.2, 0.25) is 11.5 Å². The van der Waals surface area contributed by atoms with Crippen molar-refractivity contribution < 1.29 is 17.6 Å². The number of aromatic nitrogens is 2. The fourth-order valence-corrected chi connectivity index (χ4v) is 2.09. The number of para-hydroxylation sites is 1. The van der Waals surface area contributed by atoms with Crippen molar-refractivity contribution >= 4 is 11.1 Å². The van der Waals surface area contributed by atoms with Gasteiger partial charge in [0.25, 0.3) is 0 Å². The predicted molar refractivity (Wildman–Crippen MR) is 69.3 cm³/mol. The van der Waals surface area contributed by atoms with Gasteiger partial charge in [0.1, 0.15) is 5.39 Å². The Hall–Kier alpha value is -2.57. The maximum absolute atomic E-state index is 12.8. The van der Waals surface area contributed by atoms with E-state index in [1.54, 1.807) is 37.3 Å². The van der Waals surface area contributed by atoms with Crippen LogP contribution >= 0.6 is 0 Å². The number of halogens is 3. The second kappa shape index (κ2) is 4.47. The number of hydrogen-bond donors (Lipinski definition) is 0. The van der Waals surface area contributed by atoms with E-state index < -0.39 is 17.4 Å². The number of fused-ring (bicyclic) bond motifs is 1. The molecule has 0 atom stereocenters. The molecule has 0 fully saturated rings. The van der Waals surface area contributed by atoms with Gasteiger partial charge in [-0.2, -0.15) is 23.0 Å². The van der Waals surface area contributed by atoms with Crippen molar-refractivity contribution in [2.75, 3.05) is 0 Å². The number of nitrogens with zero attached hydrogens (tertiary/aromatic N) is 2. The summed E-state index contributed by atoms with van der Waals surface area (Å²) in [6.07, 6.45) is -4.73. The number of aryl methyl sites for hydroxylation is 1. The van der Waals surface area contributed by atoms with Crippen molar-refractivity contribution in [3.8, 4) is 5.69 Å². The highest BCUT2D eigenvalue weighted by Gasteiger charge is 2.35. The van der Waals surface area contributed by atoms with Crippen molar-refractivity contribution in [1.82, 2.24) is 9.78 Å². The van der Waals surface area contributed by atoms with Gasteiger partial charge in [0.15, 0.2) is 5.43 Å². The van der Waals surface area contributed by atoms with E-state index in [9.17, 15) is 18.0 Å². The van der Waals surface area contributed by atoms with E-state index in [0.29, 0.717) is 17.4 Å². The van der Waals surface area contributed by atoms with Crippen molar-refractivity contribution in [2.24, 2.45) is 0 Å². The van der Waals surface area contributed by atoms with E-state index in [1.807, 2.05) is 0 Å².